The molecule has 0 aliphatic heterocycles. The summed E-state index contributed by atoms with van der Waals surface area (Å²) in [5.74, 6) is 1.36. The van der Waals surface area contributed by atoms with Crippen LogP contribution in [-0.4, -0.2) is 29.8 Å². The maximum Gasteiger partial charge on any atom is 0.139 e. The van der Waals surface area contributed by atoms with Crippen molar-refractivity contribution in [2.45, 2.75) is 58.9 Å². The van der Waals surface area contributed by atoms with E-state index in [0.29, 0.717) is 5.78 Å². The molecule has 0 bridgehead atoms. The molecule has 0 spiro atoms. The number of carbonyl (C=O) groups excluding carboxylic acids is 1. The van der Waals surface area contributed by atoms with Gasteiger partial charge in [-0.3, -0.25) is 9.69 Å². The second-order valence-electron chi connectivity index (χ2n) is 6.59. The molecule has 0 atom stereocenters. The van der Waals surface area contributed by atoms with Gasteiger partial charge in [0.2, 0.25) is 0 Å². The number of hydrogen-bond acceptors (Lipinski definition) is 2. The number of nitrogens with zero attached hydrogens (tertiary/aromatic N) is 1. The maximum atomic E-state index is 11.9. The molecule has 2 fully saturated rings. The number of carbonyl (C=O) groups is 1. The second-order valence-corrected chi connectivity index (χ2v) is 6.59. The molecule has 0 aromatic heterocycles. The lowest BCUT2D eigenvalue weighted by Gasteiger charge is -2.24. The highest BCUT2D eigenvalue weighted by molar-refractivity contribution is 5.83. The van der Waals surface area contributed by atoms with Crippen LogP contribution in [0.2, 0.25) is 0 Å². The van der Waals surface area contributed by atoms with Crippen LogP contribution in [0.1, 0.15) is 52.9 Å². The molecule has 2 aliphatic rings. The summed E-state index contributed by atoms with van der Waals surface area (Å²) in [4.78, 5) is 14.5. The Bertz CT molecular complexity index is 258. The van der Waals surface area contributed by atoms with E-state index in [0.717, 1.165) is 24.9 Å². The van der Waals surface area contributed by atoms with Crippen molar-refractivity contribution in [1.82, 2.24) is 4.90 Å². The molecule has 2 saturated carbocycles. The fourth-order valence-corrected chi connectivity index (χ4v) is 2.11. The Labute approximate surface area is 99.4 Å². The highest BCUT2D eigenvalue weighted by atomic mass is 16.1. The van der Waals surface area contributed by atoms with Gasteiger partial charge in [-0.25, -0.2) is 0 Å². The van der Waals surface area contributed by atoms with E-state index in [1.165, 1.54) is 32.2 Å². The predicted octanol–water partition coefficient (Wildman–Crippen LogP) is 2.87. The Morgan fingerprint density at radius 2 is 1.81 bits per heavy atom. The van der Waals surface area contributed by atoms with Crippen LogP contribution in [-0.2, 0) is 4.79 Å². The molecular formula is C14H25NO. The van der Waals surface area contributed by atoms with Crippen molar-refractivity contribution in [1.29, 1.82) is 0 Å². The van der Waals surface area contributed by atoms with Crippen molar-refractivity contribution in [2.75, 3.05) is 13.1 Å². The molecule has 2 heteroatoms. The quantitative estimate of drug-likeness (QED) is 0.690. The summed E-state index contributed by atoms with van der Waals surface area (Å²) >= 11 is 0. The van der Waals surface area contributed by atoms with Crippen LogP contribution in [0.5, 0.6) is 0 Å². The first-order valence-electron chi connectivity index (χ1n) is 6.74. The Morgan fingerprint density at radius 1 is 1.19 bits per heavy atom. The Balaban J connectivity index is 1.74. The van der Waals surface area contributed by atoms with Crippen molar-refractivity contribution in [2.24, 2.45) is 11.3 Å². The third-order valence-electron chi connectivity index (χ3n) is 3.72. The first kappa shape index (κ1) is 12.1. The minimum absolute atomic E-state index is 0.158. The summed E-state index contributed by atoms with van der Waals surface area (Å²) in [5.41, 5.74) is -0.158. The molecule has 92 valence electrons. The zero-order chi connectivity index (χ0) is 11.8. The van der Waals surface area contributed by atoms with Gasteiger partial charge in [0, 0.05) is 31.0 Å². The van der Waals surface area contributed by atoms with Gasteiger partial charge in [-0.05, 0) is 31.6 Å². The molecule has 2 aliphatic carbocycles. The van der Waals surface area contributed by atoms with E-state index in [1.54, 1.807) is 0 Å². The number of ketones is 1. The van der Waals surface area contributed by atoms with Gasteiger partial charge in [0.05, 0.1) is 0 Å². The smallest absolute Gasteiger partial charge is 0.139 e. The Hall–Kier alpha value is -0.370. The van der Waals surface area contributed by atoms with Gasteiger partial charge in [-0.15, -0.1) is 0 Å². The van der Waals surface area contributed by atoms with Crippen molar-refractivity contribution < 1.29 is 4.79 Å². The second kappa shape index (κ2) is 4.48. The van der Waals surface area contributed by atoms with E-state index in [1.807, 2.05) is 20.8 Å². The molecule has 0 aromatic carbocycles. The van der Waals surface area contributed by atoms with Gasteiger partial charge in [-0.1, -0.05) is 20.8 Å². The van der Waals surface area contributed by atoms with Crippen molar-refractivity contribution in [3.05, 3.63) is 0 Å². The van der Waals surface area contributed by atoms with Crippen LogP contribution in [0, 0.1) is 11.3 Å². The lowest BCUT2D eigenvalue weighted by molar-refractivity contribution is -0.126. The fourth-order valence-electron chi connectivity index (χ4n) is 2.11. The van der Waals surface area contributed by atoms with Gasteiger partial charge < -0.3 is 0 Å². The third-order valence-corrected chi connectivity index (χ3v) is 3.72. The van der Waals surface area contributed by atoms with Gasteiger partial charge in [0.25, 0.3) is 0 Å². The van der Waals surface area contributed by atoms with E-state index in [4.69, 9.17) is 0 Å². The van der Waals surface area contributed by atoms with E-state index >= 15 is 0 Å². The van der Waals surface area contributed by atoms with Crippen molar-refractivity contribution >= 4 is 5.78 Å². The van der Waals surface area contributed by atoms with Crippen LogP contribution in [0.3, 0.4) is 0 Å². The first-order valence-corrected chi connectivity index (χ1v) is 6.74. The van der Waals surface area contributed by atoms with Gasteiger partial charge >= 0.3 is 0 Å². The molecular weight excluding hydrogens is 198 g/mol. The molecule has 16 heavy (non-hydrogen) atoms. The average molecular weight is 223 g/mol. The van der Waals surface area contributed by atoms with Crippen molar-refractivity contribution in [3.63, 3.8) is 0 Å². The summed E-state index contributed by atoms with van der Waals surface area (Å²) in [5, 5.41) is 0. The highest BCUT2D eigenvalue weighted by Gasteiger charge is 2.34. The summed E-state index contributed by atoms with van der Waals surface area (Å²) in [6.07, 6.45) is 6.28. The number of hydrogen-bond donors (Lipinski definition) is 0. The van der Waals surface area contributed by atoms with E-state index in [9.17, 15) is 4.79 Å². The summed E-state index contributed by atoms with van der Waals surface area (Å²) in [7, 11) is 0. The van der Waals surface area contributed by atoms with Gasteiger partial charge in [0.1, 0.15) is 5.78 Å². The molecule has 2 nitrogen and oxygen atoms in total. The highest BCUT2D eigenvalue weighted by Crippen LogP contribution is 2.35. The summed E-state index contributed by atoms with van der Waals surface area (Å²) in [6, 6.07) is 0.813. The summed E-state index contributed by atoms with van der Waals surface area (Å²) in [6.45, 7) is 8.33. The molecule has 0 amide bonds. The van der Waals surface area contributed by atoms with Crippen LogP contribution in [0.15, 0.2) is 0 Å². The molecule has 0 heterocycles. The minimum atomic E-state index is -0.158. The zero-order valence-electron chi connectivity index (χ0n) is 11.0. The molecule has 0 radical (unpaired) electrons. The predicted molar refractivity (Wildman–Crippen MR) is 66.4 cm³/mol. The van der Waals surface area contributed by atoms with E-state index in [2.05, 4.69) is 4.90 Å². The molecule has 0 aromatic rings. The van der Waals surface area contributed by atoms with Gasteiger partial charge in [-0.2, -0.15) is 0 Å². The molecule has 2 rings (SSSR count). The molecule has 0 saturated heterocycles. The molecule has 0 N–H and O–H groups in total. The fraction of sp³-hybridized carbons (Fsp3) is 0.929. The number of Topliss-reactive ketones (excluding diaryl/α,β-unsaturated/α-hetero) is 1. The topological polar surface area (TPSA) is 20.3 Å². The first-order chi connectivity index (χ1) is 7.47. The third kappa shape index (κ3) is 3.58. The van der Waals surface area contributed by atoms with Crippen LogP contribution in [0.4, 0.5) is 0 Å². The molecule has 0 unspecified atom stereocenters. The SMILES string of the molecule is CC(C)(C)C(=O)CCN(CC1CC1)C1CC1. The van der Waals surface area contributed by atoms with Crippen molar-refractivity contribution in [3.8, 4) is 0 Å². The largest absolute Gasteiger partial charge is 0.300 e. The van der Waals surface area contributed by atoms with Crippen LogP contribution in [0.25, 0.3) is 0 Å². The van der Waals surface area contributed by atoms with E-state index in [-0.39, 0.29) is 5.41 Å². The standard InChI is InChI=1S/C14H25NO/c1-14(2,3)13(16)8-9-15(12-6-7-12)10-11-4-5-11/h11-12H,4-10H2,1-3H3. The average Bonchev–Trinajstić information content (AvgIpc) is 2.97. The van der Waals surface area contributed by atoms with E-state index < -0.39 is 0 Å². The number of rotatable bonds is 6. The summed E-state index contributed by atoms with van der Waals surface area (Å²) < 4.78 is 0. The Kier molecular flexibility index (Phi) is 3.39. The monoisotopic (exact) mass is 223 g/mol. The maximum absolute atomic E-state index is 11.9. The van der Waals surface area contributed by atoms with Gasteiger partial charge in [0.15, 0.2) is 0 Å². The zero-order valence-corrected chi connectivity index (χ0v) is 11.0. The van der Waals surface area contributed by atoms with Crippen LogP contribution >= 0.6 is 0 Å². The Morgan fingerprint density at radius 3 is 2.25 bits per heavy atom. The normalized spacial score (nSPS) is 21.5. The lowest BCUT2D eigenvalue weighted by atomic mass is 9.89. The van der Waals surface area contributed by atoms with Crippen LogP contribution < -0.4 is 0 Å². The minimum Gasteiger partial charge on any atom is -0.300 e. The lowest BCUT2D eigenvalue weighted by Crippen LogP contribution is -2.32.